The summed E-state index contributed by atoms with van der Waals surface area (Å²) >= 11 is 9.49. The molecular formula is C18H12BrN3O5S2. The number of nitrogens with zero attached hydrogens (tertiary/aromatic N) is 1. The van der Waals surface area contributed by atoms with Crippen molar-refractivity contribution in [3.05, 3.63) is 67.5 Å². The number of hydrogen-bond donors (Lipinski definition) is 2. The number of carbonyl (C=O) groups excluding carboxylic acids is 2. The van der Waals surface area contributed by atoms with Crippen molar-refractivity contribution in [2.45, 2.75) is 0 Å². The first kappa shape index (κ1) is 21.0. The molecule has 2 N–H and O–H groups in total. The molecule has 3 rings (SSSR count). The van der Waals surface area contributed by atoms with Crippen LogP contribution in [-0.4, -0.2) is 27.7 Å². The van der Waals surface area contributed by atoms with Gasteiger partial charge in [0.1, 0.15) is 10.1 Å². The van der Waals surface area contributed by atoms with Crippen LogP contribution in [0.15, 0.2) is 51.8 Å². The maximum Gasteiger partial charge on any atom is 0.269 e. The number of halogens is 1. The lowest BCUT2D eigenvalue weighted by Crippen LogP contribution is -2.20. The molecule has 2 amide bonds. The van der Waals surface area contributed by atoms with Gasteiger partial charge >= 0.3 is 0 Å². The second kappa shape index (κ2) is 9.16. The van der Waals surface area contributed by atoms with Crippen LogP contribution in [0.5, 0.6) is 5.75 Å². The topological polar surface area (TPSA) is 111 Å². The largest absolute Gasteiger partial charge is 0.483 e. The van der Waals surface area contributed by atoms with Crippen LogP contribution in [-0.2, 0) is 9.59 Å². The third kappa shape index (κ3) is 5.62. The first-order chi connectivity index (χ1) is 13.8. The van der Waals surface area contributed by atoms with Crippen molar-refractivity contribution in [3.8, 4) is 5.75 Å². The summed E-state index contributed by atoms with van der Waals surface area (Å²) in [5.41, 5.74) is 0.944. The number of ether oxygens (including phenoxy) is 1. The quantitative estimate of drug-likeness (QED) is 0.272. The zero-order chi connectivity index (χ0) is 21.0. The van der Waals surface area contributed by atoms with E-state index in [2.05, 4.69) is 26.6 Å². The van der Waals surface area contributed by atoms with Crippen LogP contribution in [0.2, 0.25) is 0 Å². The van der Waals surface area contributed by atoms with E-state index in [1.807, 2.05) is 0 Å². The van der Waals surface area contributed by atoms with Crippen molar-refractivity contribution in [1.82, 2.24) is 5.32 Å². The van der Waals surface area contributed by atoms with Crippen LogP contribution in [0.3, 0.4) is 0 Å². The average molecular weight is 494 g/mol. The Morgan fingerprint density at radius 1 is 1.31 bits per heavy atom. The predicted molar refractivity (Wildman–Crippen MR) is 118 cm³/mol. The van der Waals surface area contributed by atoms with E-state index in [0.29, 0.717) is 26.2 Å². The lowest BCUT2D eigenvalue weighted by Gasteiger charge is -2.10. The number of thiocarbonyl (C=S) groups is 1. The molecule has 2 aromatic carbocycles. The molecule has 0 radical (unpaired) electrons. The summed E-state index contributed by atoms with van der Waals surface area (Å²) in [5, 5.41) is 15.8. The minimum Gasteiger partial charge on any atom is -0.483 e. The summed E-state index contributed by atoms with van der Waals surface area (Å²) in [7, 11) is 0. The van der Waals surface area contributed by atoms with E-state index in [4.69, 9.17) is 17.0 Å². The van der Waals surface area contributed by atoms with Crippen LogP contribution in [0, 0.1) is 10.1 Å². The first-order valence-corrected chi connectivity index (χ1v) is 10.0. The Balaban J connectivity index is 1.68. The smallest absolute Gasteiger partial charge is 0.269 e. The third-order valence-electron chi connectivity index (χ3n) is 3.62. The first-order valence-electron chi connectivity index (χ1n) is 8.03. The Labute approximate surface area is 183 Å². The number of nitro benzene ring substituents is 1. The van der Waals surface area contributed by atoms with Gasteiger partial charge < -0.3 is 15.4 Å². The summed E-state index contributed by atoms with van der Waals surface area (Å²) in [4.78, 5) is 34.6. The summed E-state index contributed by atoms with van der Waals surface area (Å²) in [6, 6.07) is 10.6. The number of nitro groups is 1. The molecule has 0 bridgehead atoms. The summed E-state index contributed by atoms with van der Waals surface area (Å²) in [6.07, 6.45) is 1.63. The van der Waals surface area contributed by atoms with Gasteiger partial charge in [-0.15, -0.1) is 0 Å². The zero-order valence-electron chi connectivity index (χ0n) is 14.5. The third-order valence-corrected chi connectivity index (χ3v) is 5.28. The number of hydrogen-bond acceptors (Lipinski definition) is 7. The highest BCUT2D eigenvalue weighted by Crippen LogP contribution is 2.31. The Bertz CT molecular complexity index is 1040. The Morgan fingerprint density at radius 2 is 2.03 bits per heavy atom. The number of carbonyl (C=O) groups is 2. The molecule has 11 heteroatoms. The molecule has 29 heavy (non-hydrogen) atoms. The lowest BCUT2D eigenvalue weighted by molar-refractivity contribution is -0.384. The van der Waals surface area contributed by atoms with Crippen LogP contribution >= 0.6 is 39.9 Å². The van der Waals surface area contributed by atoms with Crippen molar-refractivity contribution in [2.24, 2.45) is 0 Å². The normalized spacial score (nSPS) is 14.6. The van der Waals surface area contributed by atoms with Gasteiger partial charge in [0.15, 0.2) is 6.61 Å². The van der Waals surface area contributed by atoms with Crippen molar-refractivity contribution in [1.29, 1.82) is 0 Å². The van der Waals surface area contributed by atoms with Gasteiger partial charge in [0.25, 0.3) is 17.5 Å². The van der Waals surface area contributed by atoms with Gasteiger partial charge in [-0.25, -0.2) is 0 Å². The highest BCUT2D eigenvalue weighted by atomic mass is 79.9. The molecule has 0 aliphatic carbocycles. The van der Waals surface area contributed by atoms with E-state index in [1.54, 1.807) is 24.3 Å². The van der Waals surface area contributed by atoms with E-state index in [1.165, 1.54) is 24.3 Å². The minimum atomic E-state index is -0.520. The molecule has 0 spiro atoms. The van der Waals surface area contributed by atoms with Crippen LogP contribution in [0.4, 0.5) is 11.4 Å². The highest BCUT2D eigenvalue weighted by molar-refractivity contribution is 9.10. The number of thioether (sulfide) groups is 1. The number of anilines is 1. The molecule has 0 saturated carbocycles. The van der Waals surface area contributed by atoms with E-state index in [-0.39, 0.29) is 18.2 Å². The monoisotopic (exact) mass is 493 g/mol. The fourth-order valence-corrected chi connectivity index (χ4v) is 3.75. The van der Waals surface area contributed by atoms with Crippen molar-refractivity contribution >= 4 is 73.5 Å². The van der Waals surface area contributed by atoms with Gasteiger partial charge in [0.2, 0.25) is 0 Å². The highest BCUT2D eigenvalue weighted by Gasteiger charge is 2.22. The standard InChI is InChI=1S/C18H12BrN3O5S2/c19-11-1-6-14(10(7-11)8-15-17(24)21-18(28)29-15)27-9-16(23)20-12-2-4-13(5-3-12)22(25)26/h1-8H,9H2,(H,20,23)(H,21,24,28)/b15-8-. The molecule has 0 atom stereocenters. The van der Waals surface area contributed by atoms with Gasteiger partial charge in [-0.1, -0.05) is 39.9 Å². The lowest BCUT2D eigenvalue weighted by atomic mass is 10.2. The van der Waals surface area contributed by atoms with Gasteiger partial charge in [-0.2, -0.15) is 0 Å². The number of non-ortho nitro benzene ring substituents is 1. The summed E-state index contributed by atoms with van der Waals surface area (Å²) in [5.74, 6) is -0.317. The predicted octanol–water partition coefficient (Wildman–Crippen LogP) is 3.86. The van der Waals surface area contributed by atoms with Gasteiger partial charge in [-0.3, -0.25) is 19.7 Å². The molecule has 0 unspecified atom stereocenters. The van der Waals surface area contributed by atoms with E-state index < -0.39 is 10.8 Å². The molecule has 1 aliphatic heterocycles. The molecule has 0 aromatic heterocycles. The molecule has 8 nitrogen and oxygen atoms in total. The Kier molecular flexibility index (Phi) is 6.62. The SMILES string of the molecule is O=C(COc1ccc(Br)cc1/C=C1\SC(=S)NC1=O)Nc1ccc([N+](=O)[O-])cc1. The van der Waals surface area contributed by atoms with Crippen molar-refractivity contribution in [2.75, 3.05) is 11.9 Å². The van der Waals surface area contributed by atoms with E-state index in [9.17, 15) is 19.7 Å². The van der Waals surface area contributed by atoms with Crippen molar-refractivity contribution < 1.29 is 19.2 Å². The number of amides is 2. The number of nitrogens with one attached hydrogen (secondary N) is 2. The van der Waals surface area contributed by atoms with Crippen LogP contribution < -0.4 is 15.4 Å². The van der Waals surface area contributed by atoms with Crippen molar-refractivity contribution in [3.63, 3.8) is 0 Å². The van der Waals surface area contributed by atoms with Gasteiger partial charge in [0.05, 0.1) is 9.83 Å². The second-order valence-electron chi connectivity index (χ2n) is 5.68. The van der Waals surface area contributed by atoms with Gasteiger partial charge in [0, 0.05) is 27.9 Å². The molecule has 1 heterocycles. The summed E-state index contributed by atoms with van der Waals surface area (Å²) < 4.78 is 6.75. The van der Waals surface area contributed by atoms with Crippen LogP contribution in [0.25, 0.3) is 6.08 Å². The Hall–Kier alpha value is -2.76. The number of benzene rings is 2. The van der Waals surface area contributed by atoms with Crippen LogP contribution in [0.1, 0.15) is 5.56 Å². The minimum absolute atomic E-state index is 0.0694. The van der Waals surface area contributed by atoms with Gasteiger partial charge in [-0.05, 0) is 36.4 Å². The second-order valence-corrected chi connectivity index (χ2v) is 8.31. The fourth-order valence-electron chi connectivity index (χ4n) is 2.33. The molecular weight excluding hydrogens is 482 g/mol. The maximum atomic E-state index is 12.1. The molecule has 1 saturated heterocycles. The number of rotatable bonds is 6. The molecule has 148 valence electrons. The molecule has 1 fully saturated rings. The fraction of sp³-hybridized carbons (Fsp3) is 0.0556. The zero-order valence-corrected chi connectivity index (χ0v) is 17.7. The average Bonchev–Trinajstić information content (AvgIpc) is 2.98. The molecule has 2 aromatic rings. The van der Waals surface area contributed by atoms with E-state index in [0.717, 1.165) is 16.2 Å². The van der Waals surface area contributed by atoms with E-state index >= 15 is 0 Å². The molecule has 1 aliphatic rings. The Morgan fingerprint density at radius 3 is 2.66 bits per heavy atom. The summed E-state index contributed by atoms with van der Waals surface area (Å²) in [6.45, 7) is -0.285. The maximum absolute atomic E-state index is 12.1.